The number of para-hydroxylation sites is 1. The minimum Gasteiger partial charge on any atom is -0.290 e. The highest BCUT2D eigenvalue weighted by Crippen LogP contribution is 2.27. The molecule has 0 bridgehead atoms. The minimum absolute atomic E-state index is 0.108. The zero-order valence-electron chi connectivity index (χ0n) is 11.8. The van der Waals surface area contributed by atoms with E-state index in [2.05, 4.69) is 10.1 Å². The molecule has 0 fully saturated rings. The van der Waals surface area contributed by atoms with E-state index in [0.29, 0.717) is 10.4 Å². The average molecular weight is 310 g/mol. The summed E-state index contributed by atoms with van der Waals surface area (Å²) in [4.78, 5) is 17.0. The van der Waals surface area contributed by atoms with Crippen LogP contribution < -0.4 is 5.56 Å². The topological polar surface area (TPSA) is 50.7 Å². The number of H-pyrrole nitrogens is 1. The molecule has 0 spiro atoms. The van der Waals surface area contributed by atoms with Crippen LogP contribution in [0.25, 0.3) is 27.5 Å². The van der Waals surface area contributed by atoms with Crippen LogP contribution >= 0.6 is 11.6 Å². The number of aryl methyl sites for hydroxylation is 1. The molecule has 0 atom stereocenters. The van der Waals surface area contributed by atoms with Gasteiger partial charge in [-0.15, -0.1) is 0 Å². The Morgan fingerprint density at radius 2 is 1.86 bits per heavy atom. The van der Waals surface area contributed by atoms with Crippen LogP contribution in [0, 0.1) is 6.92 Å². The van der Waals surface area contributed by atoms with Crippen molar-refractivity contribution in [2.24, 2.45) is 0 Å². The first-order valence-electron chi connectivity index (χ1n) is 6.91. The predicted molar refractivity (Wildman–Crippen MR) is 88.9 cm³/mol. The molecule has 2 aromatic heterocycles. The van der Waals surface area contributed by atoms with Gasteiger partial charge in [-0.3, -0.25) is 14.9 Å². The SMILES string of the molecule is Cc1c(Cl)ccc2c1ncc1c(=O)n(-c3ccccc3)[nH]c12. The molecule has 108 valence electrons. The van der Waals surface area contributed by atoms with Gasteiger partial charge in [0.05, 0.1) is 22.1 Å². The van der Waals surface area contributed by atoms with Crippen molar-refractivity contribution in [1.29, 1.82) is 0 Å². The lowest BCUT2D eigenvalue weighted by Crippen LogP contribution is -2.13. The summed E-state index contributed by atoms with van der Waals surface area (Å²) in [5, 5.41) is 5.32. The lowest BCUT2D eigenvalue weighted by Gasteiger charge is -2.03. The smallest absolute Gasteiger partial charge is 0.280 e. The zero-order valence-corrected chi connectivity index (χ0v) is 12.6. The first-order chi connectivity index (χ1) is 10.7. The fraction of sp³-hybridized carbons (Fsp3) is 0.0588. The van der Waals surface area contributed by atoms with Crippen molar-refractivity contribution in [3.05, 3.63) is 69.6 Å². The van der Waals surface area contributed by atoms with E-state index in [0.717, 1.165) is 27.7 Å². The molecule has 0 aliphatic rings. The van der Waals surface area contributed by atoms with Gasteiger partial charge < -0.3 is 0 Å². The van der Waals surface area contributed by atoms with Crippen LogP contribution in [-0.2, 0) is 0 Å². The fourth-order valence-electron chi connectivity index (χ4n) is 2.71. The third-order valence-electron chi connectivity index (χ3n) is 3.90. The highest BCUT2D eigenvalue weighted by molar-refractivity contribution is 6.32. The molecule has 4 nitrogen and oxygen atoms in total. The van der Waals surface area contributed by atoms with E-state index in [1.54, 1.807) is 6.20 Å². The van der Waals surface area contributed by atoms with Gasteiger partial charge in [-0.25, -0.2) is 4.68 Å². The second-order valence-electron chi connectivity index (χ2n) is 5.20. The maximum absolute atomic E-state index is 12.6. The van der Waals surface area contributed by atoms with E-state index in [1.807, 2.05) is 49.4 Å². The standard InChI is InChI=1S/C17H12ClN3O/c1-10-14(18)8-7-12-15(10)19-9-13-16(12)20-21(17(13)22)11-5-3-2-4-6-11/h2-9,20H,1H3. The van der Waals surface area contributed by atoms with Crippen molar-refractivity contribution in [3.8, 4) is 5.69 Å². The quantitative estimate of drug-likeness (QED) is 0.581. The van der Waals surface area contributed by atoms with Gasteiger partial charge in [-0.1, -0.05) is 29.8 Å². The second kappa shape index (κ2) is 4.71. The first kappa shape index (κ1) is 13.1. The Kier molecular flexibility index (Phi) is 2.81. The molecule has 0 amide bonds. The Bertz CT molecular complexity index is 1060. The van der Waals surface area contributed by atoms with Gasteiger partial charge in [0.1, 0.15) is 0 Å². The van der Waals surface area contributed by atoms with Crippen LogP contribution in [-0.4, -0.2) is 14.8 Å². The Balaban J connectivity index is 2.12. The molecule has 2 heterocycles. The third-order valence-corrected chi connectivity index (χ3v) is 4.31. The third kappa shape index (κ3) is 1.77. The Labute approximate surface area is 131 Å². The zero-order chi connectivity index (χ0) is 15.3. The van der Waals surface area contributed by atoms with Crippen LogP contribution in [0.1, 0.15) is 5.56 Å². The number of hydrogen-bond donors (Lipinski definition) is 1. The minimum atomic E-state index is -0.108. The number of nitrogens with zero attached hydrogens (tertiary/aromatic N) is 2. The summed E-state index contributed by atoms with van der Waals surface area (Å²) < 4.78 is 1.54. The normalized spacial score (nSPS) is 11.4. The summed E-state index contributed by atoms with van der Waals surface area (Å²) in [6, 6.07) is 13.2. The molecule has 0 radical (unpaired) electrons. The molecule has 0 unspecified atom stereocenters. The number of fused-ring (bicyclic) bond motifs is 3. The second-order valence-corrected chi connectivity index (χ2v) is 5.61. The molecule has 5 heteroatoms. The van der Waals surface area contributed by atoms with Gasteiger partial charge in [0.15, 0.2) is 0 Å². The van der Waals surface area contributed by atoms with Crippen molar-refractivity contribution in [2.75, 3.05) is 0 Å². The number of pyridine rings is 1. The molecule has 2 aromatic carbocycles. The summed E-state index contributed by atoms with van der Waals surface area (Å²) in [7, 11) is 0. The van der Waals surface area contributed by atoms with E-state index in [4.69, 9.17) is 11.6 Å². The largest absolute Gasteiger partial charge is 0.290 e. The predicted octanol–water partition coefficient (Wildman–Crippen LogP) is 3.83. The van der Waals surface area contributed by atoms with Crippen molar-refractivity contribution < 1.29 is 0 Å². The number of aromatic amines is 1. The van der Waals surface area contributed by atoms with E-state index < -0.39 is 0 Å². The van der Waals surface area contributed by atoms with Gasteiger partial charge in [0.2, 0.25) is 0 Å². The van der Waals surface area contributed by atoms with Crippen molar-refractivity contribution in [2.45, 2.75) is 6.92 Å². The molecule has 1 N–H and O–H groups in total. The highest BCUT2D eigenvalue weighted by atomic mass is 35.5. The summed E-state index contributed by atoms with van der Waals surface area (Å²) >= 11 is 6.15. The number of hydrogen-bond acceptors (Lipinski definition) is 2. The van der Waals surface area contributed by atoms with Crippen molar-refractivity contribution in [1.82, 2.24) is 14.8 Å². The number of halogens is 1. The summed E-state index contributed by atoms with van der Waals surface area (Å²) in [6.07, 6.45) is 1.61. The molecule has 22 heavy (non-hydrogen) atoms. The van der Waals surface area contributed by atoms with E-state index in [9.17, 15) is 4.79 Å². The van der Waals surface area contributed by atoms with E-state index in [1.165, 1.54) is 4.68 Å². The highest BCUT2D eigenvalue weighted by Gasteiger charge is 2.13. The fourth-order valence-corrected chi connectivity index (χ4v) is 2.86. The first-order valence-corrected chi connectivity index (χ1v) is 7.28. The Hall–Kier alpha value is -2.59. The van der Waals surface area contributed by atoms with Crippen LogP contribution in [0.15, 0.2) is 53.5 Å². The Morgan fingerprint density at radius 3 is 2.64 bits per heavy atom. The summed E-state index contributed by atoms with van der Waals surface area (Å²) in [5.41, 5.74) is 3.18. The van der Waals surface area contributed by atoms with Crippen LogP contribution in [0.3, 0.4) is 0 Å². The molecular weight excluding hydrogens is 298 g/mol. The number of benzene rings is 2. The van der Waals surface area contributed by atoms with Crippen molar-refractivity contribution >= 4 is 33.4 Å². The van der Waals surface area contributed by atoms with Crippen LogP contribution in [0.4, 0.5) is 0 Å². The lowest BCUT2D eigenvalue weighted by atomic mass is 10.1. The van der Waals surface area contributed by atoms with Gasteiger partial charge in [-0.2, -0.15) is 0 Å². The lowest BCUT2D eigenvalue weighted by molar-refractivity contribution is 0.864. The van der Waals surface area contributed by atoms with Gasteiger partial charge in [0.25, 0.3) is 5.56 Å². The number of aromatic nitrogens is 3. The maximum atomic E-state index is 12.6. The molecule has 0 aliphatic carbocycles. The summed E-state index contributed by atoms with van der Waals surface area (Å²) in [5.74, 6) is 0. The molecule has 0 saturated carbocycles. The molecular formula is C17H12ClN3O. The number of rotatable bonds is 1. The van der Waals surface area contributed by atoms with E-state index >= 15 is 0 Å². The van der Waals surface area contributed by atoms with Crippen LogP contribution in [0.5, 0.6) is 0 Å². The van der Waals surface area contributed by atoms with Gasteiger partial charge in [-0.05, 0) is 36.8 Å². The monoisotopic (exact) mass is 309 g/mol. The summed E-state index contributed by atoms with van der Waals surface area (Å²) in [6.45, 7) is 1.93. The maximum Gasteiger partial charge on any atom is 0.280 e. The van der Waals surface area contributed by atoms with Gasteiger partial charge >= 0.3 is 0 Å². The van der Waals surface area contributed by atoms with Crippen molar-refractivity contribution in [3.63, 3.8) is 0 Å². The van der Waals surface area contributed by atoms with Crippen LogP contribution in [0.2, 0.25) is 5.02 Å². The average Bonchev–Trinajstić information content (AvgIpc) is 2.89. The van der Waals surface area contributed by atoms with Gasteiger partial charge in [0, 0.05) is 16.6 Å². The molecule has 0 aliphatic heterocycles. The molecule has 0 saturated heterocycles. The molecule has 4 aromatic rings. The Morgan fingerprint density at radius 1 is 1.09 bits per heavy atom. The van der Waals surface area contributed by atoms with E-state index in [-0.39, 0.29) is 5.56 Å². The molecule has 4 rings (SSSR count). The number of nitrogens with one attached hydrogen (secondary N) is 1.